The van der Waals surface area contributed by atoms with E-state index in [1.54, 1.807) is 31.2 Å². The lowest BCUT2D eigenvalue weighted by Gasteiger charge is -2.12. The largest absolute Gasteiger partial charge is 0.486 e. The average Bonchev–Trinajstić information content (AvgIpc) is 2.54. The van der Waals surface area contributed by atoms with Gasteiger partial charge in [-0.15, -0.1) is 0 Å². The molecular formula is C18H19FO3. The number of aryl methyl sites for hydroxylation is 1. The maximum Gasteiger partial charge on any atom is 0.310 e. The van der Waals surface area contributed by atoms with E-state index in [4.69, 9.17) is 9.47 Å². The Kier molecular flexibility index (Phi) is 5.53. The molecule has 0 bridgehead atoms. The third-order valence-electron chi connectivity index (χ3n) is 3.27. The summed E-state index contributed by atoms with van der Waals surface area (Å²) in [6, 6.07) is 12.0. The molecule has 2 aromatic carbocycles. The fraction of sp³-hybridized carbons (Fsp3) is 0.278. The molecule has 0 aliphatic heterocycles. The summed E-state index contributed by atoms with van der Waals surface area (Å²) in [4.78, 5) is 11.4. The summed E-state index contributed by atoms with van der Waals surface area (Å²) in [7, 11) is 0. The molecule has 2 aromatic rings. The molecule has 0 heterocycles. The fourth-order valence-electron chi connectivity index (χ4n) is 1.95. The number of hydrogen-bond acceptors (Lipinski definition) is 3. The predicted molar refractivity (Wildman–Crippen MR) is 82.5 cm³/mol. The van der Waals surface area contributed by atoms with Gasteiger partial charge in [-0.05, 0) is 30.2 Å². The van der Waals surface area contributed by atoms with Gasteiger partial charge in [0.25, 0.3) is 0 Å². The van der Waals surface area contributed by atoms with Gasteiger partial charge in [-0.25, -0.2) is 4.39 Å². The van der Waals surface area contributed by atoms with Crippen LogP contribution >= 0.6 is 0 Å². The van der Waals surface area contributed by atoms with Crippen molar-refractivity contribution in [3.8, 4) is 11.5 Å². The number of carbonyl (C=O) groups excluding carboxylic acids is 1. The Labute approximate surface area is 129 Å². The molecule has 0 radical (unpaired) electrons. The normalized spacial score (nSPS) is 10.3. The Bertz CT molecular complexity index is 653. The van der Waals surface area contributed by atoms with E-state index in [0.717, 1.165) is 12.0 Å². The van der Waals surface area contributed by atoms with E-state index in [1.807, 2.05) is 19.1 Å². The number of ether oxygens (including phenoxy) is 2. The van der Waals surface area contributed by atoms with E-state index < -0.39 is 0 Å². The van der Waals surface area contributed by atoms with Gasteiger partial charge in [0.05, 0.1) is 0 Å². The van der Waals surface area contributed by atoms with Gasteiger partial charge in [-0.3, -0.25) is 4.79 Å². The van der Waals surface area contributed by atoms with Gasteiger partial charge in [-0.1, -0.05) is 38.1 Å². The molecule has 0 unspecified atom stereocenters. The van der Waals surface area contributed by atoms with E-state index in [9.17, 15) is 9.18 Å². The van der Waals surface area contributed by atoms with Gasteiger partial charge in [0.2, 0.25) is 0 Å². The Balaban J connectivity index is 2.10. The summed E-state index contributed by atoms with van der Waals surface area (Å²) < 4.78 is 24.6. The van der Waals surface area contributed by atoms with Crippen molar-refractivity contribution in [1.82, 2.24) is 0 Å². The van der Waals surface area contributed by atoms with Crippen LogP contribution in [0.2, 0.25) is 0 Å². The van der Waals surface area contributed by atoms with E-state index in [1.165, 1.54) is 6.07 Å². The second-order valence-corrected chi connectivity index (χ2v) is 4.84. The Morgan fingerprint density at radius 3 is 2.55 bits per heavy atom. The van der Waals surface area contributed by atoms with Crippen LogP contribution in [0.25, 0.3) is 0 Å². The number of halogens is 1. The highest BCUT2D eigenvalue weighted by atomic mass is 19.1. The summed E-state index contributed by atoms with van der Waals surface area (Å²) in [5, 5.41) is 0. The number of benzene rings is 2. The van der Waals surface area contributed by atoms with Crippen LogP contribution in [0.3, 0.4) is 0 Å². The molecule has 116 valence electrons. The molecule has 22 heavy (non-hydrogen) atoms. The van der Waals surface area contributed by atoms with Gasteiger partial charge in [0, 0.05) is 12.0 Å². The minimum absolute atomic E-state index is 0.134. The average molecular weight is 302 g/mol. The summed E-state index contributed by atoms with van der Waals surface area (Å²) >= 11 is 0. The highest BCUT2D eigenvalue weighted by Crippen LogP contribution is 2.23. The zero-order valence-corrected chi connectivity index (χ0v) is 12.8. The highest BCUT2D eigenvalue weighted by Gasteiger charge is 2.10. The second-order valence-electron chi connectivity index (χ2n) is 4.84. The smallest absolute Gasteiger partial charge is 0.310 e. The van der Waals surface area contributed by atoms with Crippen molar-refractivity contribution < 1.29 is 18.7 Å². The molecule has 0 spiro atoms. The molecule has 0 fully saturated rings. The molecule has 0 saturated heterocycles. The SMILES string of the molecule is CCC(=O)Oc1ccccc1COc1ccc(CC)cc1F. The molecular weight excluding hydrogens is 283 g/mol. The van der Waals surface area contributed by atoms with Gasteiger partial charge in [-0.2, -0.15) is 0 Å². The van der Waals surface area contributed by atoms with Crippen molar-refractivity contribution in [2.24, 2.45) is 0 Å². The van der Waals surface area contributed by atoms with Crippen molar-refractivity contribution in [3.63, 3.8) is 0 Å². The maximum atomic E-state index is 13.9. The van der Waals surface area contributed by atoms with E-state index >= 15 is 0 Å². The van der Waals surface area contributed by atoms with Crippen molar-refractivity contribution in [3.05, 3.63) is 59.4 Å². The minimum Gasteiger partial charge on any atom is -0.486 e. The number of carbonyl (C=O) groups is 1. The van der Waals surface area contributed by atoms with Crippen LogP contribution in [0.4, 0.5) is 4.39 Å². The van der Waals surface area contributed by atoms with E-state index in [0.29, 0.717) is 17.7 Å². The predicted octanol–water partition coefficient (Wildman–Crippen LogP) is 4.28. The van der Waals surface area contributed by atoms with Crippen LogP contribution in [0.15, 0.2) is 42.5 Å². The number of rotatable bonds is 6. The van der Waals surface area contributed by atoms with Gasteiger partial charge in [0.15, 0.2) is 11.6 Å². The van der Waals surface area contributed by atoms with Gasteiger partial charge >= 0.3 is 5.97 Å². The van der Waals surface area contributed by atoms with Crippen LogP contribution in [0.5, 0.6) is 11.5 Å². The lowest BCUT2D eigenvalue weighted by molar-refractivity contribution is -0.134. The molecule has 0 atom stereocenters. The highest BCUT2D eigenvalue weighted by molar-refractivity contribution is 5.72. The number of hydrogen-bond donors (Lipinski definition) is 0. The fourth-order valence-corrected chi connectivity index (χ4v) is 1.95. The van der Waals surface area contributed by atoms with Crippen LogP contribution in [-0.4, -0.2) is 5.97 Å². The monoisotopic (exact) mass is 302 g/mol. The first-order chi connectivity index (χ1) is 10.6. The number of esters is 1. The van der Waals surface area contributed by atoms with Crippen molar-refractivity contribution in [2.75, 3.05) is 0 Å². The summed E-state index contributed by atoms with van der Waals surface area (Å²) in [5.41, 5.74) is 1.62. The zero-order chi connectivity index (χ0) is 15.9. The standard InChI is InChI=1S/C18H19FO3/c1-3-13-9-10-17(15(19)11-13)21-12-14-7-5-6-8-16(14)22-18(20)4-2/h5-11H,3-4,12H2,1-2H3. The lowest BCUT2D eigenvalue weighted by atomic mass is 10.1. The summed E-state index contributed by atoms with van der Waals surface area (Å²) in [6.45, 7) is 3.83. The third kappa shape index (κ3) is 4.07. The minimum atomic E-state index is -0.387. The quantitative estimate of drug-likeness (QED) is 0.590. The van der Waals surface area contributed by atoms with Gasteiger partial charge < -0.3 is 9.47 Å². The lowest BCUT2D eigenvalue weighted by Crippen LogP contribution is -2.08. The van der Waals surface area contributed by atoms with Crippen LogP contribution in [0, 0.1) is 5.82 Å². The Morgan fingerprint density at radius 2 is 1.86 bits per heavy atom. The molecule has 0 amide bonds. The molecule has 3 nitrogen and oxygen atoms in total. The topological polar surface area (TPSA) is 35.5 Å². The molecule has 0 N–H and O–H groups in total. The maximum absolute atomic E-state index is 13.9. The molecule has 0 aromatic heterocycles. The van der Waals surface area contributed by atoms with Crippen molar-refractivity contribution in [1.29, 1.82) is 0 Å². The van der Waals surface area contributed by atoms with Crippen LogP contribution in [0.1, 0.15) is 31.4 Å². The summed E-state index contributed by atoms with van der Waals surface area (Å²) in [5.74, 6) is -0.0675. The first-order valence-corrected chi connectivity index (χ1v) is 7.33. The van der Waals surface area contributed by atoms with Crippen LogP contribution in [-0.2, 0) is 17.8 Å². The van der Waals surface area contributed by atoms with E-state index in [2.05, 4.69) is 0 Å². The Hall–Kier alpha value is -2.36. The Morgan fingerprint density at radius 1 is 1.09 bits per heavy atom. The van der Waals surface area contributed by atoms with Gasteiger partial charge in [0.1, 0.15) is 12.4 Å². The molecule has 0 aliphatic rings. The van der Waals surface area contributed by atoms with E-state index in [-0.39, 0.29) is 24.1 Å². The van der Waals surface area contributed by atoms with Crippen molar-refractivity contribution >= 4 is 5.97 Å². The second kappa shape index (κ2) is 7.59. The molecule has 4 heteroatoms. The first-order valence-electron chi connectivity index (χ1n) is 7.33. The number of para-hydroxylation sites is 1. The first kappa shape index (κ1) is 16.0. The third-order valence-corrected chi connectivity index (χ3v) is 3.27. The summed E-state index contributed by atoms with van der Waals surface area (Å²) in [6.07, 6.45) is 1.06. The molecule has 2 rings (SSSR count). The zero-order valence-electron chi connectivity index (χ0n) is 12.8. The molecule has 0 aliphatic carbocycles. The van der Waals surface area contributed by atoms with Crippen LogP contribution < -0.4 is 9.47 Å². The molecule has 0 saturated carbocycles. The van der Waals surface area contributed by atoms with Crippen molar-refractivity contribution in [2.45, 2.75) is 33.3 Å².